The van der Waals surface area contributed by atoms with Crippen LogP contribution in [0.2, 0.25) is 0 Å². The fourth-order valence-corrected chi connectivity index (χ4v) is 2.23. The zero-order chi connectivity index (χ0) is 15.0. The molecule has 0 saturated carbocycles. The summed E-state index contributed by atoms with van der Waals surface area (Å²) in [5, 5.41) is 12.8. The average molecular weight is 289 g/mol. The van der Waals surface area contributed by atoms with E-state index in [0.717, 1.165) is 5.69 Å². The summed E-state index contributed by atoms with van der Waals surface area (Å²) in [6.45, 7) is 3.99. The van der Waals surface area contributed by atoms with Crippen LogP contribution in [0.3, 0.4) is 0 Å². The zero-order valence-electron chi connectivity index (χ0n) is 11.8. The maximum atomic E-state index is 13.2. The van der Waals surface area contributed by atoms with Gasteiger partial charge in [0.2, 0.25) is 5.79 Å². The van der Waals surface area contributed by atoms with Crippen LogP contribution < -0.4 is 14.8 Å². The minimum absolute atomic E-state index is 0.0609. The Morgan fingerprint density at radius 2 is 1.86 bits per heavy atom. The standard InChI is InChI=1S/C16H16FNO3/c1-16(2)20-14-6-4-12(8-15(14)21-16)18-9-10-7-11(17)3-5-13(10)19/h3-8,18-19H,9H2,1-2H3. The molecule has 2 N–H and O–H groups in total. The topological polar surface area (TPSA) is 50.7 Å². The van der Waals surface area contributed by atoms with Crippen LogP contribution in [0.15, 0.2) is 36.4 Å². The van der Waals surface area contributed by atoms with Gasteiger partial charge in [-0.25, -0.2) is 4.39 Å². The van der Waals surface area contributed by atoms with Crippen molar-refractivity contribution >= 4 is 5.69 Å². The highest BCUT2D eigenvalue weighted by atomic mass is 19.1. The van der Waals surface area contributed by atoms with Crippen molar-refractivity contribution < 1.29 is 19.0 Å². The molecule has 1 aliphatic rings. The molecule has 0 unspecified atom stereocenters. The molecule has 0 spiro atoms. The van der Waals surface area contributed by atoms with E-state index in [4.69, 9.17) is 9.47 Å². The predicted octanol–water partition coefficient (Wildman–Crippen LogP) is 3.65. The van der Waals surface area contributed by atoms with E-state index in [1.54, 1.807) is 0 Å². The Balaban J connectivity index is 1.74. The van der Waals surface area contributed by atoms with Gasteiger partial charge in [-0.15, -0.1) is 0 Å². The first-order chi connectivity index (χ1) is 9.93. The molecule has 0 aliphatic carbocycles. The molecule has 2 aromatic rings. The Morgan fingerprint density at radius 3 is 2.67 bits per heavy atom. The van der Waals surface area contributed by atoms with Crippen molar-refractivity contribution in [2.45, 2.75) is 26.2 Å². The molecule has 0 atom stereocenters. The molecule has 1 aliphatic heterocycles. The van der Waals surface area contributed by atoms with Crippen molar-refractivity contribution in [1.82, 2.24) is 0 Å². The van der Waals surface area contributed by atoms with E-state index in [1.807, 2.05) is 32.0 Å². The molecular formula is C16H16FNO3. The van der Waals surface area contributed by atoms with Gasteiger partial charge in [0.05, 0.1) is 0 Å². The van der Waals surface area contributed by atoms with E-state index in [9.17, 15) is 9.50 Å². The Kier molecular flexibility index (Phi) is 3.12. The molecule has 5 heteroatoms. The van der Waals surface area contributed by atoms with Crippen LogP contribution in [-0.4, -0.2) is 10.9 Å². The van der Waals surface area contributed by atoms with Crippen LogP contribution in [0.5, 0.6) is 17.2 Å². The minimum Gasteiger partial charge on any atom is -0.508 e. The number of ether oxygens (including phenoxy) is 2. The lowest BCUT2D eigenvalue weighted by atomic mass is 10.2. The molecule has 0 saturated heterocycles. The Bertz CT molecular complexity index is 685. The summed E-state index contributed by atoms with van der Waals surface area (Å²) < 4.78 is 24.4. The summed E-state index contributed by atoms with van der Waals surface area (Å²) in [4.78, 5) is 0. The summed E-state index contributed by atoms with van der Waals surface area (Å²) >= 11 is 0. The van der Waals surface area contributed by atoms with Crippen molar-refractivity contribution in [3.05, 3.63) is 47.8 Å². The Labute approximate surface area is 122 Å². The number of anilines is 1. The first-order valence-corrected chi connectivity index (χ1v) is 6.66. The summed E-state index contributed by atoms with van der Waals surface area (Å²) in [5.41, 5.74) is 1.30. The Hall–Kier alpha value is -2.43. The number of hydrogen-bond donors (Lipinski definition) is 2. The van der Waals surface area contributed by atoms with Gasteiger partial charge in [0, 0.05) is 37.7 Å². The highest BCUT2D eigenvalue weighted by Crippen LogP contribution is 2.40. The third-order valence-electron chi connectivity index (χ3n) is 3.18. The normalized spacial score (nSPS) is 15.0. The van der Waals surface area contributed by atoms with Crippen LogP contribution in [0.25, 0.3) is 0 Å². The van der Waals surface area contributed by atoms with Gasteiger partial charge in [0.15, 0.2) is 11.5 Å². The lowest BCUT2D eigenvalue weighted by Gasteiger charge is -2.16. The van der Waals surface area contributed by atoms with Gasteiger partial charge in [-0.2, -0.15) is 0 Å². The van der Waals surface area contributed by atoms with Gasteiger partial charge in [0.25, 0.3) is 0 Å². The second-order valence-electron chi connectivity index (χ2n) is 5.39. The Morgan fingerprint density at radius 1 is 1.10 bits per heavy atom. The molecule has 0 aromatic heterocycles. The van der Waals surface area contributed by atoms with Crippen molar-refractivity contribution in [2.75, 3.05) is 5.32 Å². The number of aromatic hydroxyl groups is 1. The van der Waals surface area contributed by atoms with E-state index >= 15 is 0 Å². The third-order valence-corrected chi connectivity index (χ3v) is 3.18. The third kappa shape index (κ3) is 2.86. The molecule has 0 bridgehead atoms. The van der Waals surface area contributed by atoms with Crippen LogP contribution >= 0.6 is 0 Å². The smallest absolute Gasteiger partial charge is 0.246 e. The minimum atomic E-state index is -0.665. The predicted molar refractivity (Wildman–Crippen MR) is 77.2 cm³/mol. The van der Waals surface area contributed by atoms with Gasteiger partial charge in [0.1, 0.15) is 11.6 Å². The molecule has 0 radical (unpaired) electrons. The summed E-state index contributed by atoms with van der Waals surface area (Å²) in [5.74, 6) is 0.373. The van der Waals surface area contributed by atoms with Crippen LogP contribution in [0.4, 0.5) is 10.1 Å². The summed E-state index contributed by atoms with van der Waals surface area (Å²) in [6, 6.07) is 9.35. The van der Waals surface area contributed by atoms with Crippen molar-refractivity contribution in [1.29, 1.82) is 0 Å². The van der Waals surface area contributed by atoms with Gasteiger partial charge in [-0.3, -0.25) is 0 Å². The fourth-order valence-electron chi connectivity index (χ4n) is 2.23. The molecule has 110 valence electrons. The van der Waals surface area contributed by atoms with Gasteiger partial charge < -0.3 is 19.9 Å². The van der Waals surface area contributed by atoms with E-state index in [0.29, 0.717) is 23.6 Å². The number of benzene rings is 2. The van der Waals surface area contributed by atoms with E-state index in [-0.39, 0.29) is 11.6 Å². The molecule has 0 amide bonds. The molecular weight excluding hydrogens is 273 g/mol. The first-order valence-electron chi connectivity index (χ1n) is 6.66. The summed E-state index contributed by atoms with van der Waals surface area (Å²) in [7, 11) is 0. The molecule has 0 fully saturated rings. The highest BCUT2D eigenvalue weighted by Gasteiger charge is 2.31. The van der Waals surface area contributed by atoms with E-state index < -0.39 is 5.79 Å². The SMILES string of the molecule is CC1(C)Oc2ccc(NCc3cc(F)ccc3O)cc2O1. The molecule has 4 nitrogen and oxygen atoms in total. The number of phenolic OH excluding ortho intramolecular Hbond substituents is 1. The second kappa shape index (κ2) is 4.84. The maximum Gasteiger partial charge on any atom is 0.246 e. The van der Waals surface area contributed by atoms with E-state index in [2.05, 4.69) is 5.32 Å². The van der Waals surface area contributed by atoms with E-state index in [1.165, 1.54) is 18.2 Å². The van der Waals surface area contributed by atoms with Crippen molar-refractivity contribution in [3.8, 4) is 17.2 Å². The van der Waals surface area contributed by atoms with Crippen LogP contribution in [0.1, 0.15) is 19.4 Å². The van der Waals surface area contributed by atoms with Gasteiger partial charge in [-0.05, 0) is 30.3 Å². The average Bonchev–Trinajstić information content (AvgIpc) is 2.72. The number of halogens is 1. The second-order valence-corrected chi connectivity index (χ2v) is 5.39. The van der Waals surface area contributed by atoms with Crippen LogP contribution in [-0.2, 0) is 6.54 Å². The molecule has 21 heavy (non-hydrogen) atoms. The lowest BCUT2D eigenvalue weighted by molar-refractivity contribution is -0.0431. The van der Waals surface area contributed by atoms with Gasteiger partial charge in [-0.1, -0.05) is 0 Å². The van der Waals surface area contributed by atoms with Crippen LogP contribution in [0, 0.1) is 5.82 Å². The van der Waals surface area contributed by atoms with Gasteiger partial charge >= 0.3 is 0 Å². The summed E-state index contributed by atoms with van der Waals surface area (Å²) in [6.07, 6.45) is 0. The molecule has 2 aromatic carbocycles. The van der Waals surface area contributed by atoms with Crippen molar-refractivity contribution in [3.63, 3.8) is 0 Å². The fraction of sp³-hybridized carbons (Fsp3) is 0.250. The number of hydrogen-bond acceptors (Lipinski definition) is 4. The maximum absolute atomic E-state index is 13.2. The first kappa shape index (κ1) is 13.5. The number of rotatable bonds is 3. The lowest BCUT2D eigenvalue weighted by Crippen LogP contribution is -2.29. The molecule has 1 heterocycles. The number of fused-ring (bicyclic) bond motifs is 1. The van der Waals surface area contributed by atoms with Crippen molar-refractivity contribution in [2.24, 2.45) is 0 Å². The zero-order valence-corrected chi connectivity index (χ0v) is 11.8. The quantitative estimate of drug-likeness (QED) is 0.905. The largest absolute Gasteiger partial charge is 0.508 e. The monoisotopic (exact) mass is 289 g/mol. The molecule has 3 rings (SSSR count). The highest BCUT2D eigenvalue weighted by molar-refractivity contribution is 5.56. The number of phenols is 1. The number of nitrogens with one attached hydrogen (secondary N) is 1.